The molecule has 0 unspecified atom stereocenters. The number of ether oxygens (including phenoxy) is 1. The Morgan fingerprint density at radius 3 is 2.58 bits per heavy atom. The lowest BCUT2D eigenvalue weighted by Gasteiger charge is -2.16. The molecular formula is C17H19BrN2O4. The Kier molecular flexibility index (Phi) is 6.54. The van der Waals surface area contributed by atoms with Crippen molar-refractivity contribution in [2.45, 2.75) is 18.9 Å². The summed E-state index contributed by atoms with van der Waals surface area (Å²) in [5.41, 5.74) is 0.843. The minimum absolute atomic E-state index is 0.0401. The van der Waals surface area contributed by atoms with Gasteiger partial charge in [0.15, 0.2) is 6.61 Å². The number of likely N-dealkylation sites (N-methyl/N-ethyl adjacent to an activating group) is 1. The monoisotopic (exact) mass is 394 g/mol. The number of esters is 1. The smallest absolute Gasteiger partial charge is 0.331 e. The zero-order chi connectivity index (χ0) is 17.5. The molecule has 0 spiro atoms. The summed E-state index contributed by atoms with van der Waals surface area (Å²) >= 11 is 3.33. The molecule has 0 atom stereocenters. The summed E-state index contributed by atoms with van der Waals surface area (Å²) in [6, 6.07) is 7.64. The van der Waals surface area contributed by atoms with Gasteiger partial charge in [-0.05, 0) is 36.6 Å². The molecule has 0 aromatic heterocycles. The van der Waals surface area contributed by atoms with Crippen molar-refractivity contribution < 1.29 is 19.1 Å². The first kappa shape index (κ1) is 18.2. The first-order valence-corrected chi connectivity index (χ1v) is 8.37. The molecule has 6 nitrogen and oxygen atoms in total. The predicted molar refractivity (Wildman–Crippen MR) is 92.9 cm³/mol. The molecule has 0 saturated heterocycles. The normalized spacial score (nSPS) is 13.6. The van der Waals surface area contributed by atoms with Crippen LogP contribution in [0.1, 0.15) is 18.4 Å². The van der Waals surface area contributed by atoms with E-state index in [9.17, 15) is 14.4 Å². The van der Waals surface area contributed by atoms with Crippen molar-refractivity contribution >= 4 is 39.8 Å². The fourth-order valence-electron chi connectivity index (χ4n) is 1.83. The van der Waals surface area contributed by atoms with E-state index in [0.717, 1.165) is 22.9 Å². The Morgan fingerprint density at radius 2 is 1.96 bits per heavy atom. The van der Waals surface area contributed by atoms with Crippen LogP contribution in [0.25, 0.3) is 6.08 Å². The summed E-state index contributed by atoms with van der Waals surface area (Å²) in [7, 11) is 1.50. The standard InChI is InChI=1S/C17H19BrN2O4/c1-20(10-15(21)19-14-7-8-14)16(22)11-24-17(23)9-4-12-2-5-13(18)6-3-12/h2-6,9,14H,7-8,10-11H2,1H3,(H,19,21)/b9-4+. The van der Waals surface area contributed by atoms with E-state index in [1.165, 1.54) is 18.0 Å². The van der Waals surface area contributed by atoms with Crippen LogP contribution in [0.2, 0.25) is 0 Å². The summed E-state index contributed by atoms with van der Waals surface area (Å²) in [6.45, 7) is -0.432. The third kappa shape index (κ3) is 6.54. The third-order valence-corrected chi connectivity index (χ3v) is 3.90. The van der Waals surface area contributed by atoms with E-state index in [0.29, 0.717) is 0 Å². The summed E-state index contributed by atoms with van der Waals surface area (Å²) in [5, 5.41) is 2.79. The number of rotatable bonds is 7. The van der Waals surface area contributed by atoms with Gasteiger partial charge in [-0.25, -0.2) is 4.79 Å². The van der Waals surface area contributed by atoms with Gasteiger partial charge in [0.05, 0.1) is 6.54 Å². The number of carbonyl (C=O) groups excluding carboxylic acids is 3. The lowest BCUT2D eigenvalue weighted by Crippen LogP contribution is -2.40. The van der Waals surface area contributed by atoms with Gasteiger partial charge in [-0.15, -0.1) is 0 Å². The predicted octanol–water partition coefficient (Wildman–Crippen LogP) is 1.74. The highest BCUT2D eigenvalue weighted by Gasteiger charge is 2.24. The first-order valence-electron chi connectivity index (χ1n) is 7.58. The topological polar surface area (TPSA) is 75.7 Å². The fraction of sp³-hybridized carbons (Fsp3) is 0.353. The Morgan fingerprint density at radius 1 is 1.29 bits per heavy atom. The molecule has 1 aromatic rings. The van der Waals surface area contributed by atoms with Crippen LogP contribution in [0.4, 0.5) is 0 Å². The van der Waals surface area contributed by atoms with Crippen molar-refractivity contribution in [1.82, 2.24) is 10.2 Å². The number of halogens is 1. The zero-order valence-corrected chi connectivity index (χ0v) is 14.9. The molecular weight excluding hydrogens is 376 g/mol. The minimum atomic E-state index is -0.609. The van der Waals surface area contributed by atoms with Crippen LogP contribution < -0.4 is 5.32 Å². The largest absolute Gasteiger partial charge is 0.452 e. The van der Waals surface area contributed by atoms with Gasteiger partial charge in [-0.1, -0.05) is 28.1 Å². The second kappa shape index (κ2) is 8.63. The van der Waals surface area contributed by atoms with Crippen molar-refractivity contribution in [3.05, 3.63) is 40.4 Å². The van der Waals surface area contributed by atoms with Gasteiger partial charge in [0.25, 0.3) is 5.91 Å². The molecule has 24 heavy (non-hydrogen) atoms. The third-order valence-electron chi connectivity index (χ3n) is 3.37. The quantitative estimate of drug-likeness (QED) is 0.564. The van der Waals surface area contributed by atoms with Gasteiger partial charge in [-0.3, -0.25) is 9.59 Å². The second-order valence-corrected chi connectivity index (χ2v) is 6.50. The van der Waals surface area contributed by atoms with Crippen molar-refractivity contribution in [1.29, 1.82) is 0 Å². The van der Waals surface area contributed by atoms with Crippen molar-refractivity contribution in [2.24, 2.45) is 0 Å². The molecule has 128 valence electrons. The zero-order valence-electron chi connectivity index (χ0n) is 13.3. The van der Waals surface area contributed by atoms with E-state index in [1.807, 2.05) is 24.3 Å². The molecule has 7 heteroatoms. The van der Waals surface area contributed by atoms with Crippen LogP contribution in [0.15, 0.2) is 34.8 Å². The van der Waals surface area contributed by atoms with Crippen molar-refractivity contribution in [2.75, 3.05) is 20.2 Å². The molecule has 1 saturated carbocycles. The van der Waals surface area contributed by atoms with Crippen LogP contribution in [-0.4, -0.2) is 48.9 Å². The molecule has 1 aliphatic carbocycles. The highest BCUT2D eigenvalue weighted by molar-refractivity contribution is 9.10. The van der Waals surface area contributed by atoms with Crippen LogP contribution in [0, 0.1) is 0 Å². The van der Waals surface area contributed by atoms with E-state index in [2.05, 4.69) is 21.2 Å². The molecule has 0 radical (unpaired) electrons. The molecule has 1 aromatic carbocycles. The summed E-state index contributed by atoms with van der Waals surface area (Å²) < 4.78 is 5.83. The molecule has 2 amide bonds. The number of nitrogens with one attached hydrogen (secondary N) is 1. The maximum atomic E-state index is 11.8. The maximum Gasteiger partial charge on any atom is 0.331 e. The molecule has 1 N–H and O–H groups in total. The number of hydrogen-bond donors (Lipinski definition) is 1. The lowest BCUT2D eigenvalue weighted by atomic mass is 10.2. The Balaban J connectivity index is 1.70. The van der Waals surface area contributed by atoms with Crippen LogP contribution >= 0.6 is 15.9 Å². The van der Waals surface area contributed by atoms with Crippen LogP contribution in [0.5, 0.6) is 0 Å². The van der Waals surface area contributed by atoms with Gasteiger partial charge >= 0.3 is 5.97 Å². The number of carbonyl (C=O) groups is 3. The molecule has 1 fully saturated rings. The molecule has 1 aliphatic rings. The van der Waals surface area contributed by atoms with E-state index in [-0.39, 0.29) is 18.5 Å². The van der Waals surface area contributed by atoms with Gasteiger partial charge in [0.1, 0.15) is 0 Å². The van der Waals surface area contributed by atoms with Gasteiger partial charge < -0.3 is 15.0 Å². The average Bonchev–Trinajstić information content (AvgIpc) is 3.35. The summed E-state index contributed by atoms with van der Waals surface area (Å²) in [6.07, 6.45) is 4.85. The first-order chi connectivity index (χ1) is 11.4. The summed E-state index contributed by atoms with van der Waals surface area (Å²) in [5.74, 6) is -1.23. The highest BCUT2D eigenvalue weighted by atomic mass is 79.9. The molecule has 2 rings (SSSR count). The van der Waals surface area contributed by atoms with Crippen LogP contribution in [-0.2, 0) is 19.1 Å². The van der Waals surface area contributed by atoms with Crippen molar-refractivity contribution in [3.8, 4) is 0 Å². The van der Waals surface area contributed by atoms with Gasteiger partial charge in [0, 0.05) is 23.6 Å². The highest BCUT2D eigenvalue weighted by Crippen LogP contribution is 2.18. The van der Waals surface area contributed by atoms with Crippen molar-refractivity contribution in [3.63, 3.8) is 0 Å². The van der Waals surface area contributed by atoms with E-state index < -0.39 is 18.5 Å². The Bertz CT molecular complexity index is 638. The fourth-order valence-corrected chi connectivity index (χ4v) is 2.10. The van der Waals surface area contributed by atoms with E-state index in [4.69, 9.17) is 4.74 Å². The summed E-state index contributed by atoms with van der Waals surface area (Å²) in [4.78, 5) is 36.3. The second-order valence-electron chi connectivity index (χ2n) is 5.58. The van der Waals surface area contributed by atoms with Crippen LogP contribution in [0.3, 0.4) is 0 Å². The van der Waals surface area contributed by atoms with E-state index in [1.54, 1.807) is 6.08 Å². The molecule has 0 heterocycles. The number of hydrogen-bond acceptors (Lipinski definition) is 4. The Hall–Kier alpha value is -2.15. The number of amides is 2. The Labute approximate surface area is 149 Å². The van der Waals surface area contributed by atoms with E-state index >= 15 is 0 Å². The average molecular weight is 395 g/mol. The minimum Gasteiger partial charge on any atom is -0.452 e. The van der Waals surface area contributed by atoms with Gasteiger partial charge in [0.2, 0.25) is 5.91 Å². The molecule has 0 aliphatic heterocycles. The van der Waals surface area contributed by atoms with Gasteiger partial charge in [-0.2, -0.15) is 0 Å². The maximum absolute atomic E-state index is 11.8. The molecule has 0 bridgehead atoms. The number of benzene rings is 1. The number of nitrogens with zero attached hydrogens (tertiary/aromatic N) is 1. The lowest BCUT2D eigenvalue weighted by molar-refractivity contribution is -0.148. The SMILES string of the molecule is CN(CC(=O)NC1CC1)C(=O)COC(=O)/C=C/c1ccc(Br)cc1.